The molecule has 2 fully saturated rings. The average molecular weight is 194 g/mol. The highest BCUT2D eigenvalue weighted by atomic mass is 16.6. The number of hydrogen-bond acceptors (Lipinski definition) is 3. The maximum absolute atomic E-state index is 11.8. The molecular formula is C11H14O3. The molecule has 1 saturated heterocycles. The molecular weight excluding hydrogens is 180 g/mol. The molecule has 0 aromatic heterocycles. The summed E-state index contributed by atoms with van der Waals surface area (Å²) >= 11 is 0. The lowest BCUT2D eigenvalue weighted by molar-refractivity contribution is -0.132. The molecule has 3 aliphatic rings. The van der Waals surface area contributed by atoms with E-state index in [1.807, 2.05) is 6.92 Å². The van der Waals surface area contributed by atoms with Crippen molar-refractivity contribution >= 4 is 5.78 Å². The molecule has 0 unspecified atom stereocenters. The number of hydrogen-bond donors (Lipinski definition) is 1. The summed E-state index contributed by atoms with van der Waals surface area (Å²) in [6, 6.07) is 0. The van der Waals surface area contributed by atoms with Gasteiger partial charge >= 0.3 is 0 Å². The van der Waals surface area contributed by atoms with Gasteiger partial charge in [-0.1, -0.05) is 0 Å². The Labute approximate surface area is 82.8 Å². The summed E-state index contributed by atoms with van der Waals surface area (Å²) in [5.41, 5.74) is -1.05. The molecule has 76 valence electrons. The number of ether oxygens (including phenoxy) is 1. The minimum Gasteiger partial charge on any atom is -0.386 e. The average Bonchev–Trinajstić information content (AvgIpc) is 2.88. The molecule has 3 heteroatoms. The van der Waals surface area contributed by atoms with Gasteiger partial charge in [-0.2, -0.15) is 0 Å². The van der Waals surface area contributed by atoms with Crippen LogP contribution in [0.4, 0.5) is 0 Å². The summed E-state index contributed by atoms with van der Waals surface area (Å²) in [5.74, 6) is 0.116. The van der Waals surface area contributed by atoms with E-state index >= 15 is 0 Å². The van der Waals surface area contributed by atoms with E-state index in [2.05, 4.69) is 0 Å². The third-order valence-corrected chi connectivity index (χ3v) is 4.18. The Morgan fingerprint density at radius 3 is 3.14 bits per heavy atom. The van der Waals surface area contributed by atoms with Gasteiger partial charge in [-0.15, -0.1) is 0 Å². The van der Waals surface area contributed by atoms with Crippen LogP contribution in [0, 0.1) is 5.41 Å². The van der Waals surface area contributed by atoms with Crippen LogP contribution in [0.2, 0.25) is 0 Å². The van der Waals surface area contributed by atoms with Crippen molar-refractivity contribution < 1.29 is 14.6 Å². The highest BCUT2D eigenvalue weighted by Gasteiger charge is 2.74. The molecule has 3 rings (SSSR count). The lowest BCUT2D eigenvalue weighted by atomic mass is 9.60. The molecule has 0 bridgehead atoms. The Kier molecular flexibility index (Phi) is 1.41. The van der Waals surface area contributed by atoms with Crippen LogP contribution < -0.4 is 0 Å². The van der Waals surface area contributed by atoms with Crippen molar-refractivity contribution in [3.63, 3.8) is 0 Å². The molecule has 0 aromatic carbocycles. The number of rotatable bonds is 0. The van der Waals surface area contributed by atoms with Gasteiger partial charge in [0.1, 0.15) is 11.7 Å². The molecule has 0 radical (unpaired) electrons. The summed E-state index contributed by atoms with van der Waals surface area (Å²) in [6.45, 7) is 1.93. The second kappa shape index (κ2) is 2.28. The third kappa shape index (κ3) is 0.708. The number of carbonyl (C=O) groups is 1. The standard InChI is InChI=1S/C11H14O3/c1-10-6-2-3-9-11(10,14-9)8(13)5-4-7(10)12/h4-5,8-9,13H,2-3,6H2,1H3/t8-,9+,10-,11+/m0/s1. The van der Waals surface area contributed by atoms with E-state index in [1.54, 1.807) is 6.08 Å². The maximum Gasteiger partial charge on any atom is 0.164 e. The summed E-state index contributed by atoms with van der Waals surface area (Å²) < 4.78 is 5.63. The molecule has 1 saturated carbocycles. The monoisotopic (exact) mass is 194 g/mol. The smallest absolute Gasteiger partial charge is 0.164 e. The molecule has 4 atom stereocenters. The van der Waals surface area contributed by atoms with Crippen LogP contribution in [-0.2, 0) is 9.53 Å². The van der Waals surface area contributed by atoms with Gasteiger partial charge in [0, 0.05) is 0 Å². The van der Waals surface area contributed by atoms with Crippen molar-refractivity contribution in [2.45, 2.75) is 44.0 Å². The first-order valence-electron chi connectivity index (χ1n) is 5.20. The lowest BCUT2D eigenvalue weighted by Crippen LogP contribution is -2.54. The zero-order chi connectivity index (χ0) is 9.97. The van der Waals surface area contributed by atoms with Crippen LogP contribution in [0.3, 0.4) is 0 Å². The van der Waals surface area contributed by atoms with Gasteiger partial charge in [-0.05, 0) is 38.3 Å². The van der Waals surface area contributed by atoms with E-state index in [0.717, 1.165) is 19.3 Å². The van der Waals surface area contributed by atoms with Crippen molar-refractivity contribution in [3.05, 3.63) is 12.2 Å². The van der Waals surface area contributed by atoms with E-state index in [-0.39, 0.29) is 11.9 Å². The molecule has 1 spiro atoms. The van der Waals surface area contributed by atoms with Crippen LogP contribution in [0.15, 0.2) is 12.2 Å². The van der Waals surface area contributed by atoms with E-state index in [4.69, 9.17) is 4.74 Å². The number of aliphatic hydroxyl groups excluding tert-OH is 1. The van der Waals surface area contributed by atoms with Gasteiger partial charge in [-0.3, -0.25) is 4.79 Å². The number of carbonyl (C=O) groups excluding carboxylic acids is 1. The number of aliphatic hydroxyl groups is 1. The minimum absolute atomic E-state index is 0.102. The van der Waals surface area contributed by atoms with Crippen LogP contribution in [0.1, 0.15) is 26.2 Å². The predicted octanol–water partition coefficient (Wildman–Crippen LogP) is 0.814. The molecule has 0 amide bonds. The van der Waals surface area contributed by atoms with Crippen LogP contribution in [-0.4, -0.2) is 28.7 Å². The Balaban J connectivity index is 2.12. The van der Waals surface area contributed by atoms with Crippen LogP contribution in [0.5, 0.6) is 0 Å². The summed E-state index contributed by atoms with van der Waals surface area (Å²) in [7, 11) is 0. The SMILES string of the molecule is C[C@@]12CCC[C@H]3O[C@]31[C@@H](O)C=CC2=O. The van der Waals surface area contributed by atoms with Crippen molar-refractivity contribution in [1.82, 2.24) is 0 Å². The van der Waals surface area contributed by atoms with Gasteiger partial charge < -0.3 is 9.84 Å². The molecule has 3 nitrogen and oxygen atoms in total. The van der Waals surface area contributed by atoms with Gasteiger partial charge in [0.15, 0.2) is 5.78 Å². The molecule has 2 aliphatic carbocycles. The minimum atomic E-state index is -0.601. The molecule has 1 N–H and O–H groups in total. The summed E-state index contributed by atoms with van der Waals surface area (Å²) in [4.78, 5) is 11.8. The normalized spacial score (nSPS) is 55.1. The Morgan fingerprint density at radius 2 is 2.43 bits per heavy atom. The molecule has 0 aromatic rings. The second-order valence-corrected chi connectivity index (χ2v) is 4.79. The van der Waals surface area contributed by atoms with Crippen molar-refractivity contribution in [2.75, 3.05) is 0 Å². The Hall–Kier alpha value is -0.670. The summed E-state index contributed by atoms with van der Waals surface area (Å²) in [5, 5.41) is 9.92. The fourth-order valence-electron chi connectivity index (χ4n) is 3.20. The van der Waals surface area contributed by atoms with E-state index in [0.29, 0.717) is 0 Å². The van der Waals surface area contributed by atoms with Gasteiger partial charge in [0.25, 0.3) is 0 Å². The molecule has 1 aliphatic heterocycles. The third-order valence-electron chi connectivity index (χ3n) is 4.18. The largest absolute Gasteiger partial charge is 0.386 e. The fourth-order valence-corrected chi connectivity index (χ4v) is 3.20. The topological polar surface area (TPSA) is 49.8 Å². The first-order valence-corrected chi connectivity index (χ1v) is 5.20. The molecule has 14 heavy (non-hydrogen) atoms. The van der Waals surface area contributed by atoms with E-state index in [1.165, 1.54) is 6.08 Å². The second-order valence-electron chi connectivity index (χ2n) is 4.79. The number of epoxide rings is 1. The lowest BCUT2D eigenvalue weighted by Gasteiger charge is -2.41. The van der Waals surface area contributed by atoms with Crippen LogP contribution >= 0.6 is 0 Å². The fraction of sp³-hybridized carbons (Fsp3) is 0.727. The quantitative estimate of drug-likeness (QED) is 0.581. The maximum atomic E-state index is 11.8. The Morgan fingerprint density at radius 1 is 1.64 bits per heavy atom. The zero-order valence-corrected chi connectivity index (χ0v) is 8.19. The predicted molar refractivity (Wildman–Crippen MR) is 49.7 cm³/mol. The zero-order valence-electron chi connectivity index (χ0n) is 8.19. The summed E-state index contributed by atoms with van der Waals surface area (Å²) in [6.07, 6.45) is 5.43. The first kappa shape index (κ1) is 8.62. The first-order chi connectivity index (χ1) is 6.61. The van der Waals surface area contributed by atoms with E-state index < -0.39 is 17.1 Å². The van der Waals surface area contributed by atoms with Crippen molar-refractivity contribution in [1.29, 1.82) is 0 Å². The number of allylic oxidation sites excluding steroid dienone is 1. The van der Waals surface area contributed by atoms with Crippen molar-refractivity contribution in [3.8, 4) is 0 Å². The van der Waals surface area contributed by atoms with Gasteiger partial charge in [0.05, 0.1) is 11.5 Å². The van der Waals surface area contributed by atoms with Crippen molar-refractivity contribution in [2.24, 2.45) is 5.41 Å². The molecule has 1 heterocycles. The Bertz CT molecular complexity index is 335. The number of ketones is 1. The van der Waals surface area contributed by atoms with Gasteiger partial charge in [0.2, 0.25) is 0 Å². The highest BCUT2D eigenvalue weighted by molar-refractivity contribution is 5.97. The van der Waals surface area contributed by atoms with Gasteiger partial charge in [-0.25, -0.2) is 0 Å². The van der Waals surface area contributed by atoms with E-state index in [9.17, 15) is 9.90 Å². The van der Waals surface area contributed by atoms with Crippen LogP contribution in [0.25, 0.3) is 0 Å². The highest BCUT2D eigenvalue weighted by Crippen LogP contribution is 2.62.